The van der Waals surface area contributed by atoms with Crippen molar-refractivity contribution in [3.63, 3.8) is 0 Å². The average Bonchev–Trinajstić information content (AvgIpc) is 3.96. The zero-order chi connectivity index (χ0) is 47.8. The van der Waals surface area contributed by atoms with Gasteiger partial charge >= 0.3 is 48.6 Å². The average molecular weight is 942 g/mol. The summed E-state index contributed by atoms with van der Waals surface area (Å²) in [4.78, 5) is 53.1. The van der Waals surface area contributed by atoms with Gasteiger partial charge in [-0.2, -0.15) is 57.8 Å². The topological polar surface area (TPSA) is 259 Å². The first-order valence-corrected chi connectivity index (χ1v) is 17.6. The van der Waals surface area contributed by atoms with Crippen LogP contribution in [0.3, 0.4) is 0 Å². The molecule has 4 aromatic heterocycles. The van der Waals surface area contributed by atoms with E-state index in [1.54, 1.807) is 28.2 Å². The van der Waals surface area contributed by atoms with Crippen LogP contribution in [0.4, 0.5) is 67.3 Å². The Labute approximate surface area is 334 Å². The fraction of sp³-hybridized carbons (Fsp3) is 0.400. The molecule has 0 aliphatic carbocycles. The van der Waals surface area contributed by atoms with E-state index >= 15 is 0 Å². The van der Waals surface area contributed by atoms with Crippen LogP contribution in [0.2, 0.25) is 0 Å². The van der Waals surface area contributed by atoms with Crippen molar-refractivity contribution >= 4 is 50.6 Å². The highest BCUT2D eigenvalue weighted by Crippen LogP contribution is 2.35. The van der Waals surface area contributed by atoms with Crippen molar-refractivity contribution in [2.75, 3.05) is 30.4 Å². The summed E-state index contributed by atoms with van der Waals surface area (Å²) in [5, 5.41) is 33.7. The maximum absolute atomic E-state index is 14.8. The monoisotopic (exact) mass is 941 g/mol. The molecule has 4 aromatic rings. The summed E-state index contributed by atoms with van der Waals surface area (Å²) >= 11 is 0. The number of hydrogen-bond acceptors (Lipinski definition) is 11. The van der Waals surface area contributed by atoms with Crippen LogP contribution in [-0.2, 0) is 35.4 Å². The van der Waals surface area contributed by atoms with Crippen molar-refractivity contribution < 1.29 is 109 Å². The van der Waals surface area contributed by atoms with Gasteiger partial charge in [-0.25, -0.2) is 51.3 Å². The smallest absolute Gasteiger partial charge is 0.475 e. The molecule has 62 heavy (non-hydrogen) atoms. The van der Waals surface area contributed by atoms with Gasteiger partial charge in [-0.1, -0.05) is 0 Å². The van der Waals surface area contributed by atoms with Crippen molar-refractivity contribution in [2.24, 2.45) is 5.92 Å². The number of anilines is 1. The molecular formula is C30H25F14N7O10S. The van der Waals surface area contributed by atoms with Crippen molar-refractivity contribution in [3.05, 3.63) is 48.4 Å². The number of halogens is 14. The molecule has 6 heterocycles. The molecule has 32 heteroatoms. The van der Waals surface area contributed by atoms with Crippen LogP contribution in [0.1, 0.15) is 18.0 Å². The van der Waals surface area contributed by atoms with Crippen molar-refractivity contribution in [1.29, 1.82) is 0 Å². The van der Waals surface area contributed by atoms with E-state index in [9.17, 15) is 69.9 Å². The standard InChI is InChI=1S/C22H21F2N7O2S.4C2HF3O2/c23-8-18(31-11-15(9-28-31)19-16-1-4-25-20(16)27-12-26-19)14-2-5-30(10-14)21-17(24)7-13-3-6-34(32,33)22(13)29-21;4*3-2(4,5)1(6)7/h1,4,7,9,11-12,14,18H,2-3,5-6,8,10H2,(H,25,26,27);4*(H,6,7)/t14-,18?;;;;/m0..../s1. The highest BCUT2D eigenvalue weighted by molar-refractivity contribution is 7.91. The highest BCUT2D eigenvalue weighted by atomic mass is 32.2. The summed E-state index contributed by atoms with van der Waals surface area (Å²) in [5.41, 5.74) is 2.58. The second kappa shape index (κ2) is 20.0. The van der Waals surface area contributed by atoms with Gasteiger partial charge in [0.1, 0.15) is 18.6 Å². The number of carboxylic acids is 4. The maximum Gasteiger partial charge on any atom is 0.490 e. The number of rotatable bonds is 5. The SMILES string of the molecule is O=C(O)C(F)(F)F.O=C(O)C(F)(F)F.O=C(O)C(F)(F)F.O=C(O)C(F)(F)F.O=S1(=O)CCc2cc(F)c(N3CC[C@H](C(CF)n4cc(-c5ncnc6[nH]ccc56)cn4)C3)nc21. The largest absolute Gasteiger partial charge is 0.490 e. The van der Waals surface area contributed by atoms with Gasteiger partial charge in [0, 0.05) is 42.4 Å². The Hall–Kier alpha value is -6.37. The summed E-state index contributed by atoms with van der Waals surface area (Å²) in [6.07, 6.45) is -12.8. The summed E-state index contributed by atoms with van der Waals surface area (Å²) < 4.78 is 182. The minimum atomic E-state index is -5.08. The zero-order valence-corrected chi connectivity index (χ0v) is 30.8. The Kier molecular flexibility index (Phi) is 16.7. The zero-order valence-electron chi connectivity index (χ0n) is 30.0. The molecular weight excluding hydrogens is 916 g/mol. The third kappa shape index (κ3) is 14.4. The van der Waals surface area contributed by atoms with E-state index in [0.717, 1.165) is 10.9 Å². The second-order valence-corrected chi connectivity index (χ2v) is 14.0. The lowest BCUT2D eigenvalue weighted by Gasteiger charge is -2.23. The van der Waals surface area contributed by atoms with Crippen molar-refractivity contribution in [1.82, 2.24) is 29.7 Å². The number of carboxylic acid groups (broad SMARTS) is 4. The van der Waals surface area contributed by atoms with Gasteiger partial charge in [0.15, 0.2) is 26.5 Å². The summed E-state index contributed by atoms with van der Waals surface area (Å²) in [6.45, 7) is 0.160. The van der Waals surface area contributed by atoms with Gasteiger partial charge in [-0.05, 0) is 30.5 Å². The Bertz CT molecular complexity index is 2230. The quantitative estimate of drug-likeness (QED) is 0.160. The van der Waals surface area contributed by atoms with E-state index in [2.05, 4.69) is 25.0 Å². The van der Waals surface area contributed by atoms with Crippen LogP contribution < -0.4 is 4.90 Å². The number of aryl methyl sites for hydroxylation is 1. The van der Waals surface area contributed by atoms with E-state index in [-0.39, 0.29) is 28.9 Å². The predicted molar refractivity (Wildman–Crippen MR) is 175 cm³/mol. The fourth-order valence-corrected chi connectivity index (χ4v) is 6.43. The molecule has 17 nitrogen and oxygen atoms in total. The molecule has 6 rings (SSSR count). The number of fused-ring (bicyclic) bond motifs is 2. The first kappa shape index (κ1) is 51.8. The van der Waals surface area contributed by atoms with Gasteiger partial charge in [-0.15, -0.1) is 0 Å². The molecule has 1 saturated heterocycles. The van der Waals surface area contributed by atoms with Crippen LogP contribution >= 0.6 is 0 Å². The fourth-order valence-electron chi connectivity index (χ4n) is 4.96. The van der Waals surface area contributed by atoms with Crippen LogP contribution in [0.15, 0.2) is 42.1 Å². The first-order valence-electron chi connectivity index (χ1n) is 16.0. The summed E-state index contributed by atoms with van der Waals surface area (Å²) in [6, 6.07) is 2.59. The molecule has 0 aromatic carbocycles. The number of nitrogens with one attached hydrogen (secondary N) is 1. The van der Waals surface area contributed by atoms with E-state index in [0.29, 0.717) is 36.4 Å². The summed E-state index contributed by atoms with van der Waals surface area (Å²) in [5.74, 6) is -11.8. The molecule has 0 bridgehead atoms. The lowest BCUT2D eigenvalue weighted by atomic mass is 10.0. The van der Waals surface area contributed by atoms with Crippen molar-refractivity contribution in [3.8, 4) is 11.3 Å². The molecule has 0 amide bonds. The van der Waals surface area contributed by atoms with Crippen LogP contribution in [0.5, 0.6) is 0 Å². The predicted octanol–water partition coefficient (Wildman–Crippen LogP) is 5.26. The normalized spacial score (nSPS) is 16.2. The molecule has 2 aliphatic heterocycles. The number of aromatic nitrogens is 6. The van der Waals surface area contributed by atoms with Gasteiger partial charge in [0.05, 0.1) is 23.7 Å². The molecule has 2 atom stereocenters. The number of pyridine rings is 1. The first-order chi connectivity index (χ1) is 28.2. The number of hydrogen-bond donors (Lipinski definition) is 5. The number of nitrogens with zero attached hydrogens (tertiary/aromatic N) is 6. The lowest BCUT2D eigenvalue weighted by Crippen LogP contribution is -2.27. The molecule has 0 spiro atoms. The van der Waals surface area contributed by atoms with E-state index < -0.39 is 77.0 Å². The van der Waals surface area contributed by atoms with Gasteiger partial charge in [-0.3, -0.25) is 4.68 Å². The minimum Gasteiger partial charge on any atom is -0.475 e. The number of carbonyl (C=O) groups is 4. The Morgan fingerprint density at radius 3 is 1.81 bits per heavy atom. The number of alkyl halides is 13. The second-order valence-electron chi connectivity index (χ2n) is 11.9. The molecule has 5 N–H and O–H groups in total. The van der Waals surface area contributed by atoms with E-state index in [4.69, 9.17) is 39.6 Å². The number of H-pyrrole nitrogens is 1. The Morgan fingerprint density at radius 1 is 0.839 bits per heavy atom. The Balaban J connectivity index is 0.000000384. The van der Waals surface area contributed by atoms with Crippen molar-refractivity contribution in [2.45, 2.75) is 48.6 Å². The molecule has 0 radical (unpaired) electrons. The molecule has 0 saturated carbocycles. The highest BCUT2D eigenvalue weighted by Gasteiger charge is 2.40. The van der Waals surface area contributed by atoms with Crippen LogP contribution in [-0.4, -0.2) is 133 Å². The summed E-state index contributed by atoms with van der Waals surface area (Å²) in [7, 11) is -3.48. The third-order valence-electron chi connectivity index (χ3n) is 7.70. The van der Waals surface area contributed by atoms with Crippen LogP contribution in [0.25, 0.3) is 22.3 Å². The third-order valence-corrected chi connectivity index (χ3v) is 9.38. The molecule has 1 fully saturated rings. The van der Waals surface area contributed by atoms with Gasteiger partial charge in [0.2, 0.25) is 0 Å². The van der Waals surface area contributed by atoms with E-state index in [1.807, 2.05) is 6.07 Å². The molecule has 2 aliphatic rings. The maximum atomic E-state index is 14.8. The number of aliphatic carboxylic acids is 4. The molecule has 344 valence electrons. The lowest BCUT2D eigenvalue weighted by molar-refractivity contribution is -0.193. The van der Waals surface area contributed by atoms with Crippen LogP contribution in [0, 0.1) is 11.7 Å². The van der Waals surface area contributed by atoms with Gasteiger partial charge in [0.25, 0.3) is 0 Å². The van der Waals surface area contributed by atoms with E-state index in [1.165, 1.54) is 12.4 Å². The Morgan fingerprint density at radius 2 is 1.34 bits per heavy atom. The molecule has 1 unspecified atom stereocenters. The van der Waals surface area contributed by atoms with Gasteiger partial charge < -0.3 is 30.3 Å². The minimum absolute atomic E-state index is 0.0151. The number of sulfone groups is 1. The number of aromatic amines is 1.